The van der Waals surface area contributed by atoms with Crippen LogP contribution < -0.4 is 0 Å². The summed E-state index contributed by atoms with van der Waals surface area (Å²) in [6, 6.07) is 11.8. The molecular formula is C23H24F4N4O. The number of hydrogen-bond acceptors (Lipinski definition) is 5. The van der Waals surface area contributed by atoms with Gasteiger partial charge < -0.3 is 4.52 Å². The van der Waals surface area contributed by atoms with Gasteiger partial charge in [-0.1, -0.05) is 35.5 Å². The summed E-state index contributed by atoms with van der Waals surface area (Å²) in [6.45, 7) is 4.61. The van der Waals surface area contributed by atoms with E-state index in [-0.39, 0.29) is 12.2 Å². The predicted molar refractivity (Wildman–Crippen MR) is 110 cm³/mol. The third kappa shape index (κ3) is 6.14. The van der Waals surface area contributed by atoms with Crippen molar-refractivity contribution < 1.29 is 22.1 Å². The molecule has 0 bridgehead atoms. The van der Waals surface area contributed by atoms with Crippen LogP contribution in [-0.2, 0) is 25.7 Å². The Morgan fingerprint density at radius 1 is 0.875 bits per heavy atom. The second-order valence-electron chi connectivity index (χ2n) is 8.02. The van der Waals surface area contributed by atoms with Crippen molar-refractivity contribution in [2.24, 2.45) is 0 Å². The van der Waals surface area contributed by atoms with Crippen molar-refractivity contribution in [3.63, 3.8) is 0 Å². The van der Waals surface area contributed by atoms with Gasteiger partial charge in [0, 0.05) is 26.1 Å². The summed E-state index contributed by atoms with van der Waals surface area (Å²) in [5.41, 5.74) is 0.746. The zero-order valence-corrected chi connectivity index (χ0v) is 17.5. The van der Waals surface area contributed by atoms with Crippen molar-refractivity contribution in [2.75, 3.05) is 26.2 Å². The van der Waals surface area contributed by atoms with Crippen molar-refractivity contribution in [1.29, 1.82) is 0 Å². The van der Waals surface area contributed by atoms with Crippen LogP contribution >= 0.6 is 0 Å². The number of rotatable bonds is 6. The summed E-state index contributed by atoms with van der Waals surface area (Å²) in [6.07, 6.45) is -3.25. The molecule has 0 unspecified atom stereocenters. The van der Waals surface area contributed by atoms with Crippen LogP contribution in [0.1, 0.15) is 34.8 Å². The first-order valence-electron chi connectivity index (χ1n) is 10.5. The van der Waals surface area contributed by atoms with Crippen LogP contribution in [-0.4, -0.2) is 46.1 Å². The topological polar surface area (TPSA) is 45.4 Å². The molecule has 9 heteroatoms. The minimum atomic E-state index is -4.38. The molecule has 1 aromatic heterocycles. The van der Waals surface area contributed by atoms with E-state index in [0.717, 1.165) is 50.3 Å². The summed E-state index contributed by atoms with van der Waals surface area (Å²) in [5.74, 6) is 0.587. The maximum Gasteiger partial charge on any atom is 0.416 e. The van der Waals surface area contributed by atoms with Crippen molar-refractivity contribution >= 4 is 0 Å². The number of benzene rings is 2. The van der Waals surface area contributed by atoms with Crippen LogP contribution in [0.2, 0.25) is 0 Å². The van der Waals surface area contributed by atoms with E-state index in [1.807, 2.05) is 6.07 Å². The van der Waals surface area contributed by atoms with Gasteiger partial charge in [0.15, 0.2) is 5.82 Å². The molecule has 0 N–H and O–H groups in total. The van der Waals surface area contributed by atoms with E-state index in [2.05, 4.69) is 19.9 Å². The molecule has 1 fully saturated rings. The quantitative estimate of drug-likeness (QED) is 0.519. The second kappa shape index (κ2) is 9.79. The second-order valence-corrected chi connectivity index (χ2v) is 8.02. The van der Waals surface area contributed by atoms with Gasteiger partial charge in [0.05, 0.1) is 12.1 Å². The fraction of sp³-hybridized carbons (Fsp3) is 0.391. The molecule has 3 aromatic rings. The average Bonchev–Trinajstić information content (AvgIpc) is 3.05. The Labute approximate surface area is 183 Å². The van der Waals surface area contributed by atoms with E-state index in [1.165, 1.54) is 12.1 Å². The Hall–Kier alpha value is -2.78. The van der Waals surface area contributed by atoms with Crippen LogP contribution in [0.3, 0.4) is 0 Å². The molecule has 170 valence electrons. The van der Waals surface area contributed by atoms with E-state index < -0.39 is 11.7 Å². The van der Waals surface area contributed by atoms with Gasteiger partial charge in [-0.15, -0.1) is 0 Å². The third-order valence-electron chi connectivity index (χ3n) is 5.46. The molecule has 5 nitrogen and oxygen atoms in total. The Kier molecular flexibility index (Phi) is 6.86. The minimum Gasteiger partial charge on any atom is -0.338 e. The lowest BCUT2D eigenvalue weighted by Crippen LogP contribution is -2.30. The van der Waals surface area contributed by atoms with Crippen LogP contribution in [0, 0.1) is 5.82 Å². The third-order valence-corrected chi connectivity index (χ3v) is 5.46. The van der Waals surface area contributed by atoms with Gasteiger partial charge in [-0.25, -0.2) is 4.39 Å². The molecule has 1 aliphatic rings. The maximum atomic E-state index is 13.4. The first kappa shape index (κ1) is 22.4. The largest absolute Gasteiger partial charge is 0.416 e. The fourth-order valence-corrected chi connectivity index (χ4v) is 3.89. The van der Waals surface area contributed by atoms with Crippen molar-refractivity contribution in [3.05, 3.63) is 82.8 Å². The lowest BCUT2D eigenvalue weighted by molar-refractivity contribution is -0.137. The summed E-state index contributed by atoms with van der Waals surface area (Å²) in [5, 5.41) is 3.93. The monoisotopic (exact) mass is 448 g/mol. The van der Waals surface area contributed by atoms with Crippen molar-refractivity contribution in [1.82, 2.24) is 19.9 Å². The predicted octanol–water partition coefficient (Wildman–Crippen LogP) is 4.53. The van der Waals surface area contributed by atoms with E-state index in [0.29, 0.717) is 30.4 Å². The van der Waals surface area contributed by atoms with Gasteiger partial charge in [-0.2, -0.15) is 18.2 Å². The molecule has 0 atom stereocenters. The Bertz CT molecular complexity index is 1040. The van der Waals surface area contributed by atoms with Gasteiger partial charge in [-0.05, 0) is 48.8 Å². The molecule has 0 saturated carbocycles. The summed E-state index contributed by atoms with van der Waals surface area (Å²) < 4.78 is 57.4. The highest BCUT2D eigenvalue weighted by molar-refractivity contribution is 5.27. The highest BCUT2D eigenvalue weighted by atomic mass is 19.4. The number of halogens is 4. The van der Waals surface area contributed by atoms with Crippen LogP contribution in [0.4, 0.5) is 17.6 Å². The molecule has 1 saturated heterocycles. The van der Waals surface area contributed by atoms with Gasteiger partial charge >= 0.3 is 6.18 Å². The van der Waals surface area contributed by atoms with E-state index in [1.54, 1.807) is 18.2 Å². The minimum absolute atomic E-state index is 0.175. The van der Waals surface area contributed by atoms with Gasteiger partial charge in [-0.3, -0.25) is 9.80 Å². The maximum absolute atomic E-state index is 13.4. The van der Waals surface area contributed by atoms with Crippen molar-refractivity contribution in [3.8, 4) is 0 Å². The first-order valence-corrected chi connectivity index (χ1v) is 10.5. The zero-order valence-electron chi connectivity index (χ0n) is 17.5. The van der Waals surface area contributed by atoms with E-state index in [9.17, 15) is 17.6 Å². The fourth-order valence-electron chi connectivity index (χ4n) is 3.89. The lowest BCUT2D eigenvalue weighted by Gasteiger charge is -2.21. The lowest BCUT2D eigenvalue weighted by atomic mass is 10.1. The standard InChI is InChI=1S/C23H24F4N4O/c24-20-7-2-5-18(13-20)15-30-8-3-9-31(11-10-30)16-22-28-21(29-32-22)14-17-4-1-6-19(12-17)23(25,26)27/h1-2,4-7,12-13H,3,8-11,14-16H2. The molecule has 1 aliphatic heterocycles. The normalized spacial score (nSPS) is 16.2. The number of aromatic nitrogens is 2. The first-order chi connectivity index (χ1) is 15.3. The Morgan fingerprint density at radius 2 is 1.59 bits per heavy atom. The van der Waals surface area contributed by atoms with Gasteiger partial charge in [0.1, 0.15) is 5.82 Å². The SMILES string of the molecule is Fc1cccc(CN2CCCN(Cc3nc(Cc4cccc(C(F)(F)F)c4)no3)CC2)c1. The van der Waals surface area contributed by atoms with Crippen LogP contribution in [0.25, 0.3) is 0 Å². The van der Waals surface area contributed by atoms with Crippen LogP contribution in [0.5, 0.6) is 0 Å². The number of alkyl halides is 3. The highest BCUT2D eigenvalue weighted by Gasteiger charge is 2.30. The highest BCUT2D eigenvalue weighted by Crippen LogP contribution is 2.29. The summed E-state index contributed by atoms with van der Waals surface area (Å²) >= 11 is 0. The number of hydrogen-bond donors (Lipinski definition) is 0. The molecular weight excluding hydrogens is 424 g/mol. The van der Waals surface area contributed by atoms with Gasteiger partial charge in [0.2, 0.25) is 5.89 Å². The van der Waals surface area contributed by atoms with Gasteiger partial charge in [0.25, 0.3) is 0 Å². The number of nitrogens with zero attached hydrogens (tertiary/aromatic N) is 4. The molecule has 0 aliphatic carbocycles. The molecule has 2 heterocycles. The molecule has 2 aromatic carbocycles. The molecule has 4 rings (SSSR count). The molecule has 0 amide bonds. The van der Waals surface area contributed by atoms with E-state index >= 15 is 0 Å². The Balaban J connectivity index is 1.31. The van der Waals surface area contributed by atoms with E-state index in [4.69, 9.17) is 4.52 Å². The summed E-state index contributed by atoms with van der Waals surface area (Å²) in [4.78, 5) is 8.87. The Morgan fingerprint density at radius 3 is 2.34 bits per heavy atom. The van der Waals surface area contributed by atoms with Crippen LogP contribution in [0.15, 0.2) is 53.1 Å². The summed E-state index contributed by atoms with van der Waals surface area (Å²) in [7, 11) is 0. The van der Waals surface area contributed by atoms with Crippen molar-refractivity contribution in [2.45, 2.75) is 32.1 Å². The average molecular weight is 448 g/mol. The zero-order chi connectivity index (χ0) is 22.6. The molecule has 0 radical (unpaired) electrons. The molecule has 32 heavy (non-hydrogen) atoms. The smallest absolute Gasteiger partial charge is 0.338 e. The molecule has 0 spiro atoms.